The second kappa shape index (κ2) is 4.95. The van der Waals surface area contributed by atoms with Crippen LogP contribution in [-0.4, -0.2) is 49.2 Å². The predicted molar refractivity (Wildman–Crippen MR) is 69.4 cm³/mol. The number of anilines is 1. The van der Waals surface area contributed by atoms with Crippen LogP contribution in [0.2, 0.25) is 0 Å². The Hall–Kier alpha value is -1.91. The molecule has 0 aromatic heterocycles. The molecule has 1 aliphatic heterocycles. The van der Waals surface area contributed by atoms with Gasteiger partial charge in [0, 0.05) is 33.2 Å². The summed E-state index contributed by atoms with van der Waals surface area (Å²) in [5, 5.41) is 9.78. The van der Waals surface area contributed by atoms with Crippen molar-refractivity contribution in [1.82, 2.24) is 4.90 Å². The van der Waals surface area contributed by atoms with Crippen molar-refractivity contribution in [2.24, 2.45) is 10.7 Å². The molecule has 17 heavy (non-hydrogen) atoms. The van der Waals surface area contributed by atoms with Crippen LogP contribution in [0.25, 0.3) is 0 Å². The Morgan fingerprint density at radius 1 is 1.24 bits per heavy atom. The molecule has 5 nitrogen and oxygen atoms in total. The molecule has 0 aliphatic carbocycles. The number of piperazine rings is 1. The monoisotopic (exact) mass is 234 g/mol. The third-order valence-corrected chi connectivity index (χ3v) is 3.06. The molecule has 0 unspecified atom stereocenters. The van der Waals surface area contributed by atoms with Crippen molar-refractivity contribution >= 4 is 11.6 Å². The molecule has 0 radical (unpaired) electrons. The summed E-state index contributed by atoms with van der Waals surface area (Å²) in [4.78, 5) is 8.19. The molecular weight excluding hydrogens is 216 g/mol. The summed E-state index contributed by atoms with van der Waals surface area (Å²) in [7, 11) is 1.70. The fourth-order valence-electron chi connectivity index (χ4n) is 2.05. The zero-order valence-electron chi connectivity index (χ0n) is 10.0. The van der Waals surface area contributed by atoms with E-state index in [1.807, 2.05) is 18.2 Å². The molecule has 0 atom stereocenters. The third-order valence-electron chi connectivity index (χ3n) is 3.06. The fourth-order valence-corrected chi connectivity index (χ4v) is 2.05. The standard InChI is InChI=1S/C12H18N4O/c1-14-12(13)16-8-6-15(7-9-16)10-4-2-3-5-11(10)17/h2-5,17H,6-9H2,1H3,(H2,13,14). The maximum absolute atomic E-state index is 9.78. The van der Waals surface area contributed by atoms with Crippen LogP contribution < -0.4 is 10.6 Å². The second-order valence-corrected chi connectivity index (χ2v) is 4.04. The van der Waals surface area contributed by atoms with Gasteiger partial charge in [0.25, 0.3) is 0 Å². The number of aromatic hydroxyl groups is 1. The van der Waals surface area contributed by atoms with Crippen LogP contribution in [-0.2, 0) is 0 Å². The van der Waals surface area contributed by atoms with E-state index in [2.05, 4.69) is 14.8 Å². The maximum Gasteiger partial charge on any atom is 0.191 e. The van der Waals surface area contributed by atoms with Crippen LogP contribution >= 0.6 is 0 Å². The molecule has 2 rings (SSSR count). The van der Waals surface area contributed by atoms with Crippen molar-refractivity contribution in [3.63, 3.8) is 0 Å². The van der Waals surface area contributed by atoms with Gasteiger partial charge < -0.3 is 20.6 Å². The topological polar surface area (TPSA) is 65.1 Å². The average Bonchev–Trinajstić information content (AvgIpc) is 2.39. The van der Waals surface area contributed by atoms with E-state index in [4.69, 9.17) is 5.73 Å². The fraction of sp³-hybridized carbons (Fsp3) is 0.417. The van der Waals surface area contributed by atoms with Gasteiger partial charge in [-0.3, -0.25) is 4.99 Å². The van der Waals surface area contributed by atoms with Crippen molar-refractivity contribution in [3.8, 4) is 5.75 Å². The van der Waals surface area contributed by atoms with E-state index in [1.54, 1.807) is 13.1 Å². The van der Waals surface area contributed by atoms with Crippen molar-refractivity contribution in [2.45, 2.75) is 0 Å². The summed E-state index contributed by atoms with van der Waals surface area (Å²) < 4.78 is 0. The Balaban J connectivity index is 2.03. The molecule has 0 bridgehead atoms. The van der Waals surface area contributed by atoms with E-state index < -0.39 is 0 Å². The molecule has 1 aliphatic rings. The lowest BCUT2D eigenvalue weighted by Gasteiger charge is -2.36. The lowest BCUT2D eigenvalue weighted by molar-refractivity contribution is 0.378. The number of phenolic OH excluding ortho intramolecular Hbond substituents is 1. The number of guanidine groups is 1. The minimum absolute atomic E-state index is 0.332. The van der Waals surface area contributed by atoms with E-state index in [0.29, 0.717) is 11.7 Å². The number of para-hydroxylation sites is 2. The highest BCUT2D eigenvalue weighted by Crippen LogP contribution is 2.26. The molecule has 1 fully saturated rings. The third kappa shape index (κ3) is 2.43. The highest BCUT2D eigenvalue weighted by atomic mass is 16.3. The van der Waals surface area contributed by atoms with Gasteiger partial charge in [0.1, 0.15) is 5.75 Å². The second-order valence-electron chi connectivity index (χ2n) is 4.04. The van der Waals surface area contributed by atoms with E-state index in [-0.39, 0.29) is 0 Å². The Bertz CT molecular complexity index is 411. The van der Waals surface area contributed by atoms with Gasteiger partial charge in [-0.2, -0.15) is 0 Å². The number of phenols is 1. The predicted octanol–water partition coefficient (Wildman–Crippen LogP) is 0.459. The minimum atomic E-state index is 0.332. The first-order valence-electron chi connectivity index (χ1n) is 5.72. The number of nitrogens with two attached hydrogens (primary N) is 1. The van der Waals surface area contributed by atoms with Crippen molar-refractivity contribution < 1.29 is 5.11 Å². The molecular formula is C12H18N4O. The molecule has 0 spiro atoms. The highest BCUT2D eigenvalue weighted by molar-refractivity contribution is 5.78. The molecule has 1 heterocycles. The Kier molecular flexibility index (Phi) is 3.37. The lowest BCUT2D eigenvalue weighted by Crippen LogP contribution is -2.51. The van der Waals surface area contributed by atoms with Gasteiger partial charge >= 0.3 is 0 Å². The van der Waals surface area contributed by atoms with Crippen LogP contribution in [0.1, 0.15) is 0 Å². The van der Waals surface area contributed by atoms with Crippen molar-refractivity contribution in [2.75, 3.05) is 38.1 Å². The summed E-state index contributed by atoms with van der Waals surface area (Å²) >= 11 is 0. The van der Waals surface area contributed by atoms with Gasteiger partial charge in [0.05, 0.1) is 5.69 Å². The van der Waals surface area contributed by atoms with Crippen molar-refractivity contribution in [1.29, 1.82) is 0 Å². The SMILES string of the molecule is CN=C(N)N1CCN(c2ccccc2O)CC1. The van der Waals surface area contributed by atoms with Crippen LogP contribution in [0, 0.1) is 0 Å². The Morgan fingerprint density at radius 2 is 1.88 bits per heavy atom. The first-order valence-corrected chi connectivity index (χ1v) is 5.72. The maximum atomic E-state index is 9.78. The van der Waals surface area contributed by atoms with Crippen LogP contribution in [0.5, 0.6) is 5.75 Å². The first kappa shape index (κ1) is 11.6. The van der Waals surface area contributed by atoms with Crippen molar-refractivity contribution in [3.05, 3.63) is 24.3 Å². The minimum Gasteiger partial charge on any atom is -0.506 e. The molecule has 3 N–H and O–H groups in total. The summed E-state index contributed by atoms with van der Waals surface area (Å²) in [6, 6.07) is 7.41. The molecule has 0 saturated carbocycles. The Labute approximate surface area is 101 Å². The van der Waals surface area contributed by atoms with Gasteiger partial charge in [-0.1, -0.05) is 12.1 Å². The Morgan fingerprint density at radius 3 is 2.47 bits per heavy atom. The summed E-state index contributed by atoms with van der Waals surface area (Å²) in [6.45, 7) is 3.34. The normalized spacial score (nSPS) is 17.4. The number of hydrogen-bond donors (Lipinski definition) is 2. The molecule has 0 amide bonds. The quantitative estimate of drug-likeness (QED) is 0.547. The lowest BCUT2D eigenvalue weighted by atomic mass is 10.2. The number of rotatable bonds is 1. The van der Waals surface area contributed by atoms with Gasteiger partial charge in [-0.05, 0) is 12.1 Å². The number of nitrogens with zero attached hydrogens (tertiary/aromatic N) is 3. The van der Waals surface area contributed by atoms with Crippen LogP contribution in [0.3, 0.4) is 0 Å². The highest BCUT2D eigenvalue weighted by Gasteiger charge is 2.19. The largest absolute Gasteiger partial charge is 0.506 e. The first-order chi connectivity index (χ1) is 8.22. The van der Waals surface area contributed by atoms with E-state index in [1.165, 1.54) is 0 Å². The van der Waals surface area contributed by atoms with Gasteiger partial charge in [-0.15, -0.1) is 0 Å². The molecule has 5 heteroatoms. The van der Waals surface area contributed by atoms with Gasteiger partial charge in [0.15, 0.2) is 5.96 Å². The average molecular weight is 234 g/mol. The van der Waals surface area contributed by atoms with E-state index in [9.17, 15) is 5.11 Å². The molecule has 1 aromatic rings. The number of benzene rings is 1. The summed E-state index contributed by atoms with van der Waals surface area (Å²) in [5.41, 5.74) is 6.66. The van der Waals surface area contributed by atoms with Gasteiger partial charge in [-0.25, -0.2) is 0 Å². The summed E-state index contributed by atoms with van der Waals surface area (Å²) in [5.74, 6) is 0.917. The van der Waals surface area contributed by atoms with Crippen LogP contribution in [0.15, 0.2) is 29.3 Å². The smallest absolute Gasteiger partial charge is 0.191 e. The number of hydrogen-bond acceptors (Lipinski definition) is 3. The molecule has 1 aromatic carbocycles. The van der Waals surface area contributed by atoms with Crippen LogP contribution in [0.4, 0.5) is 5.69 Å². The number of aliphatic imine (C=N–C) groups is 1. The van der Waals surface area contributed by atoms with E-state index >= 15 is 0 Å². The van der Waals surface area contributed by atoms with E-state index in [0.717, 1.165) is 31.9 Å². The van der Waals surface area contributed by atoms with Gasteiger partial charge in [0.2, 0.25) is 0 Å². The summed E-state index contributed by atoms with van der Waals surface area (Å²) in [6.07, 6.45) is 0. The zero-order valence-corrected chi connectivity index (χ0v) is 10.0. The molecule has 92 valence electrons. The zero-order chi connectivity index (χ0) is 12.3. The molecule has 1 saturated heterocycles.